The zero-order chi connectivity index (χ0) is 12.0. The van der Waals surface area contributed by atoms with Crippen LogP contribution in [-0.2, 0) is 4.79 Å². The molecule has 90 valence electrons. The summed E-state index contributed by atoms with van der Waals surface area (Å²) in [5, 5.41) is -0.220. The second-order valence-electron chi connectivity index (χ2n) is 5.09. The Morgan fingerprint density at radius 3 is 2.82 bits per heavy atom. The molecule has 0 spiro atoms. The maximum absolute atomic E-state index is 11.1. The summed E-state index contributed by atoms with van der Waals surface area (Å²) in [5.74, 6) is 2.56. The molecular weight excluding hydrogens is 236 g/mol. The van der Waals surface area contributed by atoms with Crippen LogP contribution >= 0.6 is 11.6 Å². The number of ether oxygens (including phenoxy) is 1. The van der Waals surface area contributed by atoms with Crippen LogP contribution in [-0.4, -0.2) is 12.4 Å². The predicted molar refractivity (Wildman–Crippen MR) is 66.7 cm³/mol. The van der Waals surface area contributed by atoms with E-state index >= 15 is 0 Å². The van der Waals surface area contributed by atoms with E-state index in [1.165, 1.54) is 24.0 Å². The van der Waals surface area contributed by atoms with Crippen LogP contribution in [0.1, 0.15) is 42.2 Å². The zero-order valence-corrected chi connectivity index (χ0v) is 10.5. The van der Waals surface area contributed by atoms with Crippen molar-refractivity contribution in [2.24, 2.45) is 5.92 Å². The van der Waals surface area contributed by atoms with Crippen LogP contribution < -0.4 is 4.74 Å². The highest BCUT2D eigenvalue weighted by Gasteiger charge is 2.44. The molecule has 1 unspecified atom stereocenters. The van der Waals surface area contributed by atoms with Gasteiger partial charge in [0.05, 0.1) is 7.11 Å². The highest BCUT2D eigenvalue weighted by molar-refractivity contribution is 6.63. The Morgan fingerprint density at radius 1 is 1.41 bits per heavy atom. The van der Waals surface area contributed by atoms with Crippen LogP contribution in [0.5, 0.6) is 5.75 Å². The predicted octanol–water partition coefficient (Wildman–Crippen LogP) is 3.44. The standard InChI is InChI=1S/C14H15ClO2/c1-17-10-2-3-11-12(6-10)8-4-9(5-8)13(11)7-14(15)16/h2-3,6,8-9,13H,4-5,7H2,1H3. The lowest BCUT2D eigenvalue weighted by atomic mass is 9.57. The monoisotopic (exact) mass is 250 g/mol. The third kappa shape index (κ3) is 1.75. The van der Waals surface area contributed by atoms with Gasteiger partial charge in [-0.3, -0.25) is 4.79 Å². The molecule has 1 aromatic carbocycles. The Bertz CT molecular complexity index is 463. The molecule has 2 bridgehead atoms. The van der Waals surface area contributed by atoms with E-state index in [1.807, 2.05) is 6.07 Å². The van der Waals surface area contributed by atoms with E-state index in [0.29, 0.717) is 24.2 Å². The van der Waals surface area contributed by atoms with E-state index < -0.39 is 0 Å². The lowest BCUT2D eigenvalue weighted by molar-refractivity contribution is -0.112. The molecule has 1 atom stereocenters. The summed E-state index contributed by atoms with van der Waals surface area (Å²) in [6.07, 6.45) is 2.88. The number of carbonyl (C=O) groups excluding carboxylic acids is 1. The number of halogens is 1. The molecule has 1 aromatic rings. The van der Waals surface area contributed by atoms with Crippen LogP contribution in [0.4, 0.5) is 0 Å². The first-order valence-corrected chi connectivity index (χ1v) is 6.43. The summed E-state index contributed by atoms with van der Waals surface area (Å²) in [6.45, 7) is 0. The molecule has 0 saturated heterocycles. The Balaban J connectivity index is 1.99. The molecule has 3 aliphatic rings. The molecule has 0 aromatic heterocycles. The molecule has 2 nitrogen and oxygen atoms in total. The minimum absolute atomic E-state index is 0.220. The second kappa shape index (κ2) is 4.02. The minimum Gasteiger partial charge on any atom is -0.497 e. The molecule has 1 fully saturated rings. The Kier molecular flexibility index (Phi) is 2.62. The van der Waals surface area contributed by atoms with Gasteiger partial charge in [0.25, 0.3) is 0 Å². The summed E-state index contributed by atoms with van der Waals surface area (Å²) in [5.41, 5.74) is 2.68. The van der Waals surface area contributed by atoms with Crippen molar-refractivity contribution < 1.29 is 9.53 Å². The first kappa shape index (κ1) is 11.1. The SMILES string of the molecule is COc1ccc2c(c1)C1CC(C1)C2CC(=O)Cl. The van der Waals surface area contributed by atoms with Crippen molar-refractivity contribution in [1.82, 2.24) is 0 Å². The van der Waals surface area contributed by atoms with Crippen molar-refractivity contribution in [3.8, 4) is 5.75 Å². The molecule has 17 heavy (non-hydrogen) atoms. The fourth-order valence-electron chi connectivity index (χ4n) is 3.32. The summed E-state index contributed by atoms with van der Waals surface area (Å²) in [4.78, 5) is 11.1. The maximum Gasteiger partial charge on any atom is 0.222 e. The Labute approximate surface area is 106 Å². The molecule has 3 aliphatic carbocycles. The summed E-state index contributed by atoms with van der Waals surface area (Å²) < 4.78 is 5.27. The van der Waals surface area contributed by atoms with Crippen LogP contribution in [0.2, 0.25) is 0 Å². The van der Waals surface area contributed by atoms with Crippen molar-refractivity contribution in [1.29, 1.82) is 0 Å². The van der Waals surface area contributed by atoms with Crippen molar-refractivity contribution in [2.45, 2.75) is 31.1 Å². The van der Waals surface area contributed by atoms with Gasteiger partial charge >= 0.3 is 0 Å². The molecule has 3 heteroatoms. The molecule has 4 rings (SSSR count). The van der Waals surface area contributed by atoms with E-state index in [1.54, 1.807) is 7.11 Å². The normalized spacial score (nSPS) is 29.2. The van der Waals surface area contributed by atoms with E-state index in [2.05, 4.69) is 12.1 Å². The van der Waals surface area contributed by atoms with Crippen LogP contribution in [0.25, 0.3) is 0 Å². The van der Waals surface area contributed by atoms with Gasteiger partial charge in [-0.05, 0) is 65.5 Å². The first-order valence-electron chi connectivity index (χ1n) is 6.05. The van der Waals surface area contributed by atoms with Gasteiger partial charge in [0.15, 0.2) is 0 Å². The van der Waals surface area contributed by atoms with Crippen molar-refractivity contribution in [2.75, 3.05) is 7.11 Å². The van der Waals surface area contributed by atoms with E-state index in [0.717, 1.165) is 5.75 Å². The van der Waals surface area contributed by atoms with Gasteiger partial charge in [-0.1, -0.05) is 6.07 Å². The highest BCUT2D eigenvalue weighted by Crippen LogP contribution is 2.57. The second-order valence-corrected chi connectivity index (χ2v) is 5.51. The lowest BCUT2D eigenvalue weighted by Gasteiger charge is -2.47. The number of carbonyl (C=O) groups is 1. The van der Waals surface area contributed by atoms with E-state index in [9.17, 15) is 4.79 Å². The molecule has 1 saturated carbocycles. The summed E-state index contributed by atoms with van der Waals surface area (Å²) in [7, 11) is 1.69. The number of hydrogen-bond acceptors (Lipinski definition) is 2. The first-order chi connectivity index (χ1) is 8.19. The number of hydrogen-bond donors (Lipinski definition) is 0. The van der Waals surface area contributed by atoms with Gasteiger partial charge in [0, 0.05) is 6.42 Å². The molecule has 0 amide bonds. The molecule has 0 heterocycles. The average Bonchev–Trinajstić information content (AvgIpc) is 2.25. The van der Waals surface area contributed by atoms with Gasteiger partial charge in [0.2, 0.25) is 5.24 Å². The van der Waals surface area contributed by atoms with Gasteiger partial charge in [-0.15, -0.1) is 0 Å². The van der Waals surface area contributed by atoms with Gasteiger partial charge in [-0.25, -0.2) is 0 Å². The van der Waals surface area contributed by atoms with Crippen LogP contribution in [0, 0.1) is 5.92 Å². The molecule has 0 N–H and O–H groups in total. The van der Waals surface area contributed by atoms with Gasteiger partial charge < -0.3 is 4.74 Å². The fraction of sp³-hybridized carbons (Fsp3) is 0.500. The lowest BCUT2D eigenvalue weighted by Crippen LogP contribution is -2.35. The zero-order valence-electron chi connectivity index (χ0n) is 9.78. The Hall–Kier alpha value is -1.02. The fourth-order valence-corrected chi connectivity index (χ4v) is 3.49. The topological polar surface area (TPSA) is 26.3 Å². The number of benzene rings is 1. The Morgan fingerprint density at radius 2 is 2.18 bits per heavy atom. The summed E-state index contributed by atoms with van der Waals surface area (Å²) >= 11 is 5.56. The van der Waals surface area contributed by atoms with Gasteiger partial charge in [-0.2, -0.15) is 0 Å². The molecule has 0 aliphatic heterocycles. The van der Waals surface area contributed by atoms with Crippen molar-refractivity contribution in [3.05, 3.63) is 29.3 Å². The largest absolute Gasteiger partial charge is 0.497 e. The third-order valence-electron chi connectivity index (χ3n) is 4.26. The van der Waals surface area contributed by atoms with E-state index in [-0.39, 0.29) is 5.24 Å². The summed E-state index contributed by atoms with van der Waals surface area (Å²) in [6, 6.07) is 6.22. The van der Waals surface area contributed by atoms with Crippen molar-refractivity contribution in [3.63, 3.8) is 0 Å². The van der Waals surface area contributed by atoms with Crippen LogP contribution in [0.15, 0.2) is 18.2 Å². The molecular formula is C14H15ClO2. The third-order valence-corrected chi connectivity index (χ3v) is 4.41. The van der Waals surface area contributed by atoms with Crippen molar-refractivity contribution >= 4 is 16.8 Å². The quantitative estimate of drug-likeness (QED) is 0.768. The maximum atomic E-state index is 11.1. The van der Waals surface area contributed by atoms with Crippen LogP contribution in [0.3, 0.4) is 0 Å². The number of rotatable bonds is 3. The minimum atomic E-state index is -0.220. The average molecular weight is 251 g/mol. The number of methoxy groups -OCH3 is 1. The highest BCUT2D eigenvalue weighted by atomic mass is 35.5. The van der Waals surface area contributed by atoms with E-state index in [4.69, 9.17) is 16.3 Å². The van der Waals surface area contributed by atoms with Gasteiger partial charge in [0.1, 0.15) is 5.75 Å². The molecule has 0 radical (unpaired) electrons. The smallest absolute Gasteiger partial charge is 0.222 e.